The molecule has 2 nitrogen and oxygen atoms in total. The van der Waals surface area contributed by atoms with Crippen LogP contribution in [0.4, 0.5) is 5.69 Å². The highest BCUT2D eigenvalue weighted by atomic mass is 15.2. The lowest BCUT2D eigenvalue weighted by molar-refractivity contribution is 0.323. The molecule has 2 atom stereocenters. The van der Waals surface area contributed by atoms with Crippen LogP contribution in [0.15, 0.2) is 24.3 Å². The molecule has 3 rings (SSSR count). The number of rotatable bonds is 4. The highest BCUT2D eigenvalue weighted by Crippen LogP contribution is 2.37. The molecule has 2 unspecified atom stereocenters. The van der Waals surface area contributed by atoms with E-state index in [0.29, 0.717) is 0 Å². The van der Waals surface area contributed by atoms with Gasteiger partial charge in [0.25, 0.3) is 0 Å². The Morgan fingerprint density at radius 3 is 2.72 bits per heavy atom. The summed E-state index contributed by atoms with van der Waals surface area (Å²) in [5.74, 6) is 2.04. The van der Waals surface area contributed by atoms with Crippen LogP contribution >= 0.6 is 0 Å². The van der Waals surface area contributed by atoms with E-state index in [4.69, 9.17) is 0 Å². The minimum absolute atomic E-state index is 1.02. The van der Waals surface area contributed by atoms with Gasteiger partial charge in [-0.15, -0.1) is 0 Å². The monoisotopic (exact) mass is 244 g/mol. The Labute approximate surface area is 110 Å². The lowest BCUT2D eigenvalue weighted by Gasteiger charge is -2.17. The molecular weight excluding hydrogens is 220 g/mol. The van der Waals surface area contributed by atoms with Crippen molar-refractivity contribution in [1.82, 2.24) is 4.90 Å². The normalized spacial score (nSPS) is 27.4. The number of nitrogens with zero attached hydrogens (tertiary/aromatic N) is 1. The van der Waals surface area contributed by atoms with Crippen LogP contribution in [0.25, 0.3) is 0 Å². The third-order valence-corrected chi connectivity index (χ3v) is 4.58. The Morgan fingerprint density at radius 2 is 2.00 bits per heavy atom. The van der Waals surface area contributed by atoms with Crippen molar-refractivity contribution in [2.24, 2.45) is 11.8 Å². The van der Waals surface area contributed by atoms with Gasteiger partial charge in [-0.3, -0.25) is 0 Å². The highest BCUT2D eigenvalue weighted by Gasteiger charge is 2.35. The largest absolute Gasteiger partial charge is 0.384 e. The Balaban J connectivity index is 1.43. The Kier molecular flexibility index (Phi) is 3.55. The van der Waals surface area contributed by atoms with Gasteiger partial charge in [0.15, 0.2) is 0 Å². The quantitative estimate of drug-likeness (QED) is 0.875. The van der Waals surface area contributed by atoms with Crippen molar-refractivity contribution in [3.8, 4) is 0 Å². The van der Waals surface area contributed by atoms with Crippen molar-refractivity contribution in [3.05, 3.63) is 29.8 Å². The van der Waals surface area contributed by atoms with Gasteiger partial charge in [-0.05, 0) is 49.3 Å². The van der Waals surface area contributed by atoms with Crippen LogP contribution in [0, 0.1) is 18.8 Å². The molecule has 0 amide bonds. The third kappa shape index (κ3) is 2.69. The lowest BCUT2D eigenvalue weighted by atomic mass is 10.0. The number of hydrogen-bond acceptors (Lipinski definition) is 2. The fraction of sp³-hybridized carbons (Fsp3) is 0.625. The molecule has 0 radical (unpaired) electrons. The maximum atomic E-state index is 3.54. The van der Waals surface area contributed by atoms with E-state index in [2.05, 4.69) is 41.4 Å². The summed E-state index contributed by atoms with van der Waals surface area (Å²) < 4.78 is 0. The summed E-state index contributed by atoms with van der Waals surface area (Å²) in [7, 11) is 0. The summed E-state index contributed by atoms with van der Waals surface area (Å²) in [5, 5.41) is 3.54. The summed E-state index contributed by atoms with van der Waals surface area (Å²) in [6, 6.07) is 8.65. The van der Waals surface area contributed by atoms with E-state index in [0.717, 1.165) is 18.4 Å². The maximum Gasteiger partial charge on any atom is 0.0343 e. The van der Waals surface area contributed by atoms with Crippen molar-refractivity contribution in [1.29, 1.82) is 0 Å². The molecule has 0 aromatic heterocycles. The van der Waals surface area contributed by atoms with Gasteiger partial charge < -0.3 is 10.2 Å². The highest BCUT2D eigenvalue weighted by molar-refractivity contribution is 5.45. The minimum atomic E-state index is 1.02. The molecule has 1 saturated heterocycles. The van der Waals surface area contributed by atoms with E-state index in [9.17, 15) is 0 Å². The Bertz CT molecular complexity index is 390. The van der Waals surface area contributed by atoms with Crippen LogP contribution in [0.5, 0.6) is 0 Å². The van der Waals surface area contributed by atoms with Crippen molar-refractivity contribution in [3.63, 3.8) is 0 Å². The molecule has 1 heterocycles. The topological polar surface area (TPSA) is 15.3 Å². The van der Waals surface area contributed by atoms with Crippen molar-refractivity contribution in [2.45, 2.75) is 26.2 Å². The second kappa shape index (κ2) is 5.31. The number of nitrogens with one attached hydrogen (secondary N) is 1. The van der Waals surface area contributed by atoms with E-state index in [1.54, 1.807) is 0 Å². The molecule has 2 fully saturated rings. The molecule has 18 heavy (non-hydrogen) atoms. The molecule has 1 aromatic carbocycles. The SMILES string of the molecule is Cc1cccc(NCCN2CC3CCCC3C2)c1. The molecule has 1 saturated carbocycles. The van der Waals surface area contributed by atoms with E-state index in [1.807, 2.05) is 0 Å². The summed E-state index contributed by atoms with van der Waals surface area (Å²) in [5.41, 5.74) is 2.59. The molecule has 1 aliphatic carbocycles. The first-order valence-electron chi connectivity index (χ1n) is 7.34. The first kappa shape index (κ1) is 12.0. The molecule has 2 heteroatoms. The number of fused-ring (bicyclic) bond motifs is 1. The third-order valence-electron chi connectivity index (χ3n) is 4.58. The molecule has 2 aliphatic rings. The number of hydrogen-bond donors (Lipinski definition) is 1. The maximum absolute atomic E-state index is 3.54. The lowest BCUT2D eigenvalue weighted by Crippen LogP contribution is -2.27. The van der Waals surface area contributed by atoms with Gasteiger partial charge in [-0.1, -0.05) is 18.6 Å². The van der Waals surface area contributed by atoms with Crippen molar-refractivity contribution >= 4 is 5.69 Å². The Hall–Kier alpha value is -1.02. The van der Waals surface area contributed by atoms with Crippen LogP contribution in [0.2, 0.25) is 0 Å². The summed E-state index contributed by atoms with van der Waals surface area (Å²) in [4.78, 5) is 2.65. The first-order valence-corrected chi connectivity index (χ1v) is 7.34. The number of aryl methyl sites for hydroxylation is 1. The van der Waals surface area contributed by atoms with Gasteiger partial charge in [-0.2, -0.15) is 0 Å². The summed E-state index contributed by atoms with van der Waals surface area (Å²) >= 11 is 0. The first-order chi connectivity index (χ1) is 8.81. The fourth-order valence-corrected chi connectivity index (χ4v) is 3.63. The van der Waals surface area contributed by atoms with Crippen molar-refractivity contribution in [2.75, 3.05) is 31.5 Å². The molecule has 0 spiro atoms. The van der Waals surface area contributed by atoms with E-state index in [1.165, 1.54) is 50.1 Å². The molecule has 98 valence electrons. The van der Waals surface area contributed by atoms with Gasteiger partial charge in [0.2, 0.25) is 0 Å². The predicted octanol–water partition coefficient (Wildman–Crippen LogP) is 3.14. The molecule has 1 aliphatic heterocycles. The van der Waals surface area contributed by atoms with Crippen LogP contribution in [0.1, 0.15) is 24.8 Å². The number of benzene rings is 1. The zero-order valence-corrected chi connectivity index (χ0v) is 11.4. The average molecular weight is 244 g/mol. The number of anilines is 1. The van der Waals surface area contributed by atoms with E-state index < -0.39 is 0 Å². The van der Waals surface area contributed by atoms with Gasteiger partial charge >= 0.3 is 0 Å². The minimum Gasteiger partial charge on any atom is -0.384 e. The van der Waals surface area contributed by atoms with E-state index >= 15 is 0 Å². The summed E-state index contributed by atoms with van der Waals surface area (Å²) in [6.07, 6.45) is 4.43. The fourth-order valence-electron chi connectivity index (χ4n) is 3.63. The average Bonchev–Trinajstić information content (AvgIpc) is 2.89. The van der Waals surface area contributed by atoms with Crippen LogP contribution in [0.3, 0.4) is 0 Å². The molecule has 0 bridgehead atoms. The Morgan fingerprint density at radius 1 is 1.22 bits per heavy atom. The van der Waals surface area contributed by atoms with Gasteiger partial charge in [0.1, 0.15) is 0 Å². The molecular formula is C16H24N2. The standard InChI is InChI=1S/C16H24N2/c1-13-4-2-7-16(10-13)17-8-9-18-11-14-5-3-6-15(14)12-18/h2,4,7,10,14-15,17H,3,5-6,8-9,11-12H2,1H3. The predicted molar refractivity (Wildman–Crippen MR) is 76.9 cm³/mol. The second-order valence-corrected chi connectivity index (χ2v) is 6.01. The van der Waals surface area contributed by atoms with Crippen LogP contribution in [-0.4, -0.2) is 31.1 Å². The molecule has 1 N–H and O–H groups in total. The smallest absolute Gasteiger partial charge is 0.0343 e. The van der Waals surface area contributed by atoms with Gasteiger partial charge in [0.05, 0.1) is 0 Å². The van der Waals surface area contributed by atoms with Crippen LogP contribution in [-0.2, 0) is 0 Å². The molecule has 1 aromatic rings. The van der Waals surface area contributed by atoms with Crippen LogP contribution < -0.4 is 5.32 Å². The zero-order chi connectivity index (χ0) is 12.4. The zero-order valence-electron chi connectivity index (χ0n) is 11.4. The van der Waals surface area contributed by atoms with Crippen molar-refractivity contribution < 1.29 is 0 Å². The second-order valence-electron chi connectivity index (χ2n) is 6.01. The summed E-state index contributed by atoms with van der Waals surface area (Å²) in [6.45, 7) is 7.11. The van der Waals surface area contributed by atoms with Gasteiger partial charge in [-0.25, -0.2) is 0 Å². The van der Waals surface area contributed by atoms with E-state index in [-0.39, 0.29) is 0 Å². The number of likely N-dealkylation sites (tertiary alicyclic amines) is 1. The van der Waals surface area contributed by atoms with Gasteiger partial charge in [0, 0.05) is 31.9 Å².